The smallest absolute Gasteiger partial charge is 0.261 e. The zero-order chi connectivity index (χ0) is 16.7. The van der Waals surface area contributed by atoms with E-state index in [1.54, 1.807) is 24.3 Å². The third kappa shape index (κ3) is 2.38. The minimum atomic E-state index is -0.221. The Morgan fingerprint density at radius 2 is 1.67 bits per heavy atom. The number of carbonyl (C=O) groups is 2. The van der Waals surface area contributed by atoms with Gasteiger partial charge in [-0.05, 0) is 19.1 Å². The van der Waals surface area contributed by atoms with Gasteiger partial charge >= 0.3 is 0 Å². The van der Waals surface area contributed by atoms with Crippen molar-refractivity contribution in [3.63, 3.8) is 0 Å². The van der Waals surface area contributed by atoms with Gasteiger partial charge < -0.3 is 5.32 Å². The van der Waals surface area contributed by atoms with Crippen molar-refractivity contribution in [2.75, 3.05) is 13.1 Å². The topological polar surface area (TPSA) is 61.8 Å². The first-order valence-corrected chi connectivity index (χ1v) is 7.97. The second-order valence-corrected chi connectivity index (χ2v) is 6.16. The fourth-order valence-corrected chi connectivity index (χ4v) is 3.10. The number of rotatable bonds is 3. The molecule has 0 aliphatic carbocycles. The summed E-state index contributed by atoms with van der Waals surface area (Å²) in [6, 6.07) is 15.0. The predicted molar refractivity (Wildman–Crippen MR) is 91.3 cm³/mol. The Labute approximate surface area is 140 Å². The summed E-state index contributed by atoms with van der Waals surface area (Å²) in [4.78, 5) is 30.7. The van der Waals surface area contributed by atoms with Crippen LogP contribution >= 0.6 is 0 Å². The lowest BCUT2D eigenvalue weighted by Crippen LogP contribution is -2.44. The van der Waals surface area contributed by atoms with Crippen LogP contribution in [0, 0.1) is 6.92 Å². The highest BCUT2D eigenvalue weighted by atomic mass is 16.2. The number of nitrogens with one attached hydrogen (secondary N) is 1. The molecule has 2 aliphatic heterocycles. The van der Waals surface area contributed by atoms with Gasteiger partial charge in [0.05, 0.1) is 30.3 Å². The molecule has 120 valence electrons. The van der Waals surface area contributed by atoms with Crippen LogP contribution in [0.4, 0.5) is 0 Å². The summed E-state index contributed by atoms with van der Waals surface area (Å²) in [5.41, 5.74) is 3.19. The Morgan fingerprint density at radius 3 is 2.29 bits per heavy atom. The van der Waals surface area contributed by atoms with Gasteiger partial charge in [0.1, 0.15) is 5.84 Å². The highest BCUT2D eigenvalue weighted by molar-refractivity contribution is 6.21. The minimum Gasteiger partial charge on any atom is -0.363 e. The molecule has 1 N–H and O–H groups in total. The first kappa shape index (κ1) is 14.6. The molecule has 0 saturated carbocycles. The van der Waals surface area contributed by atoms with Crippen LogP contribution in [0.15, 0.2) is 53.5 Å². The Balaban J connectivity index is 1.46. The number of hydrogen-bond donors (Lipinski definition) is 1. The molecule has 0 bridgehead atoms. The van der Waals surface area contributed by atoms with Crippen molar-refractivity contribution in [3.8, 4) is 0 Å². The van der Waals surface area contributed by atoms with Crippen molar-refractivity contribution in [1.29, 1.82) is 0 Å². The third-order valence-corrected chi connectivity index (χ3v) is 4.42. The van der Waals surface area contributed by atoms with Crippen molar-refractivity contribution in [1.82, 2.24) is 10.2 Å². The summed E-state index contributed by atoms with van der Waals surface area (Å²) in [5.74, 6) is 0.374. The molecule has 1 unspecified atom stereocenters. The fourth-order valence-electron chi connectivity index (χ4n) is 3.10. The lowest BCUT2D eigenvalue weighted by atomic mass is 10.1. The Kier molecular flexibility index (Phi) is 3.41. The van der Waals surface area contributed by atoms with Crippen molar-refractivity contribution >= 4 is 17.6 Å². The van der Waals surface area contributed by atoms with Crippen LogP contribution in [-0.2, 0) is 0 Å². The molecule has 4 rings (SSSR count). The Bertz CT molecular complexity index is 820. The lowest BCUT2D eigenvalue weighted by molar-refractivity contribution is 0.0644. The first-order valence-electron chi connectivity index (χ1n) is 7.97. The number of amides is 2. The van der Waals surface area contributed by atoms with E-state index in [9.17, 15) is 9.59 Å². The van der Waals surface area contributed by atoms with E-state index in [0.29, 0.717) is 24.2 Å². The van der Waals surface area contributed by atoms with Gasteiger partial charge in [-0.1, -0.05) is 42.0 Å². The molecule has 2 heterocycles. The van der Waals surface area contributed by atoms with Crippen LogP contribution in [-0.4, -0.2) is 41.7 Å². The maximum atomic E-state index is 12.4. The van der Waals surface area contributed by atoms with Gasteiger partial charge in [0.2, 0.25) is 0 Å². The molecule has 0 aromatic heterocycles. The summed E-state index contributed by atoms with van der Waals surface area (Å²) in [5, 5.41) is 3.33. The third-order valence-electron chi connectivity index (χ3n) is 4.42. The van der Waals surface area contributed by atoms with Gasteiger partial charge in [-0.25, -0.2) is 0 Å². The second kappa shape index (κ2) is 5.60. The molecule has 2 amide bonds. The summed E-state index contributed by atoms with van der Waals surface area (Å²) >= 11 is 0. The van der Waals surface area contributed by atoms with Gasteiger partial charge in [-0.15, -0.1) is 0 Å². The molecule has 0 spiro atoms. The zero-order valence-electron chi connectivity index (χ0n) is 13.3. The normalized spacial score (nSPS) is 19.3. The number of benzene rings is 2. The number of nitrogens with zero attached hydrogens (tertiary/aromatic N) is 2. The largest absolute Gasteiger partial charge is 0.363 e. The molecule has 5 heteroatoms. The van der Waals surface area contributed by atoms with E-state index in [0.717, 1.165) is 11.4 Å². The fraction of sp³-hybridized carbons (Fsp3) is 0.211. The summed E-state index contributed by atoms with van der Waals surface area (Å²) in [7, 11) is 0. The highest BCUT2D eigenvalue weighted by Crippen LogP contribution is 2.23. The molecular formula is C19H17N3O2. The number of imide groups is 1. The van der Waals surface area contributed by atoms with Crippen LogP contribution in [0.3, 0.4) is 0 Å². The van der Waals surface area contributed by atoms with E-state index in [4.69, 9.17) is 0 Å². The van der Waals surface area contributed by atoms with Crippen molar-refractivity contribution in [3.05, 3.63) is 70.8 Å². The predicted octanol–water partition coefficient (Wildman–Crippen LogP) is 2.01. The van der Waals surface area contributed by atoms with E-state index in [2.05, 4.69) is 10.3 Å². The number of aryl methyl sites for hydroxylation is 1. The molecule has 2 aliphatic rings. The number of amidine groups is 1. The van der Waals surface area contributed by atoms with Crippen molar-refractivity contribution < 1.29 is 9.59 Å². The average Bonchev–Trinajstić information content (AvgIpc) is 3.16. The molecule has 2 aromatic rings. The number of hydrogen-bond acceptors (Lipinski definition) is 4. The Hall–Kier alpha value is -2.95. The first-order chi connectivity index (χ1) is 11.6. The lowest BCUT2D eigenvalue weighted by Gasteiger charge is -2.19. The summed E-state index contributed by atoms with van der Waals surface area (Å²) < 4.78 is 0. The molecule has 24 heavy (non-hydrogen) atoms. The zero-order valence-corrected chi connectivity index (χ0v) is 13.3. The maximum absolute atomic E-state index is 12.4. The second-order valence-electron chi connectivity index (χ2n) is 6.16. The molecular weight excluding hydrogens is 302 g/mol. The van der Waals surface area contributed by atoms with E-state index in [-0.39, 0.29) is 17.9 Å². The quantitative estimate of drug-likeness (QED) is 0.880. The van der Waals surface area contributed by atoms with Crippen molar-refractivity contribution in [2.45, 2.75) is 13.0 Å². The van der Waals surface area contributed by atoms with Gasteiger partial charge in [0, 0.05) is 5.56 Å². The molecule has 5 nitrogen and oxygen atoms in total. The summed E-state index contributed by atoms with van der Waals surface area (Å²) in [6.07, 6.45) is 0. The molecule has 0 radical (unpaired) electrons. The number of aliphatic imine (C=N–C) groups is 1. The van der Waals surface area contributed by atoms with E-state index in [1.807, 2.05) is 31.2 Å². The maximum Gasteiger partial charge on any atom is 0.261 e. The molecule has 0 saturated heterocycles. The van der Waals surface area contributed by atoms with Crippen LogP contribution in [0.5, 0.6) is 0 Å². The van der Waals surface area contributed by atoms with Crippen LogP contribution in [0.25, 0.3) is 0 Å². The van der Waals surface area contributed by atoms with Crippen LogP contribution in [0.2, 0.25) is 0 Å². The molecule has 1 atom stereocenters. The SMILES string of the molecule is Cc1ccc(C2=NCC(CN3C(=O)c4ccccc4C3=O)N2)cc1. The molecule has 0 fully saturated rings. The van der Waals surface area contributed by atoms with E-state index >= 15 is 0 Å². The van der Waals surface area contributed by atoms with Gasteiger partial charge in [-0.2, -0.15) is 0 Å². The standard InChI is InChI=1S/C19H17N3O2/c1-12-6-8-13(9-7-12)17-20-10-14(21-17)11-22-18(23)15-4-2-3-5-16(15)19(22)24/h2-9,14H,10-11H2,1H3,(H,20,21). The van der Waals surface area contributed by atoms with Gasteiger partial charge in [-0.3, -0.25) is 19.5 Å². The monoisotopic (exact) mass is 319 g/mol. The van der Waals surface area contributed by atoms with Crippen LogP contribution < -0.4 is 5.32 Å². The number of carbonyl (C=O) groups excluding carboxylic acids is 2. The highest BCUT2D eigenvalue weighted by Gasteiger charge is 2.37. The Morgan fingerprint density at radius 1 is 1.04 bits per heavy atom. The van der Waals surface area contributed by atoms with E-state index in [1.165, 1.54) is 10.5 Å². The molecule has 2 aromatic carbocycles. The summed E-state index contributed by atoms with van der Waals surface area (Å²) in [6.45, 7) is 2.92. The number of fused-ring (bicyclic) bond motifs is 1. The van der Waals surface area contributed by atoms with E-state index < -0.39 is 0 Å². The van der Waals surface area contributed by atoms with Crippen LogP contribution in [0.1, 0.15) is 31.8 Å². The van der Waals surface area contributed by atoms with Crippen molar-refractivity contribution in [2.24, 2.45) is 4.99 Å². The minimum absolute atomic E-state index is 0.0523. The van der Waals surface area contributed by atoms with Gasteiger partial charge in [0.15, 0.2) is 0 Å². The average molecular weight is 319 g/mol. The van der Waals surface area contributed by atoms with Gasteiger partial charge in [0.25, 0.3) is 11.8 Å².